The second-order valence-corrected chi connectivity index (χ2v) is 15.0. The fourth-order valence-electron chi connectivity index (χ4n) is 9.14. The van der Waals surface area contributed by atoms with Gasteiger partial charge in [-0.1, -0.05) is 152 Å². The predicted molar refractivity (Wildman–Crippen MR) is 237 cm³/mol. The number of aliphatic imine (C=N–C) groups is 2. The highest BCUT2D eigenvalue weighted by atomic mass is 16.3. The SMILES string of the molecule is C=C1c2ccc(-c3ccc4oc5cccc(C6=NC(c7cc8ccccc8c8ccccc78)NC(c7ccccc7)=N6)c5c4c3)cc2-c2ccc3ccccc3c21. The van der Waals surface area contributed by atoms with E-state index in [1.165, 1.54) is 49.2 Å². The van der Waals surface area contributed by atoms with Crippen LogP contribution in [-0.4, -0.2) is 11.7 Å². The van der Waals surface area contributed by atoms with E-state index in [4.69, 9.17) is 14.4 Å². The van der Waals surface area contributed by atoms with E-state index < -0.39 is 0 Å². The first kappa shape index (κ1) is 31.8. The maximum atomic E-state index is 6.55. The third-order valence-corrected chi connectivity index (χ3v) is 11.8. The molecule has 0 amide bonds. The second-order valence-electron chi connectivity index (χ2n) is 15.0. The van der Waals surface area contributed by atoms with Gasteiger partial charge in [-0.25, -0.2) is 9.98 Å². The van der Waals surface area contributed by atoms with Crippen LogP contribution in [0.1, 0.15) is 34.0 Å². The number of nitrogens with zero attached hydrogens (tertiary/aromatic N) is 2. The van der Waals surface area contributed by atoms with Gasteiger partial charge in [-0.05, 0) is 102 Å². The molecule has 0 saturated carbocycles. The quantitative estimate of drug-likeness (QED) is 0.184. The molecule has 0 radical (unpaired) electrons. The Morgan fingerprint density at radius 1 is 0.474 bits per heavy atom. The van der Waals surface area contributed by atoms with Crippen LogP contribution >= 0.6 is 0 Å². The summed E-state index contributed by atoms with van der Waals surface area (Å²) in [5, 5.41) is 13.0. The number of amidine groups is 2. The molecular formula is C53H33N3O. The maximum Gasteiger partial charge on any atom is 0.160 e. The van der Waals surface area contributed by atoms with Crippen molar-refractivity contribution in [3.63, 3.8) is 0 Å². The van der Waals surface area contributed by atoms with E-state index in [2.05, 4.69) is 157 Å². The second kappa shape index (κ2) is 12.2. The molecule has 2 heterocycles. The van der Waals surface area contributed by atoms with Gasteiger partial charge in [0.15, 0.2) is 5.84 Å². The minimum atomic E-state index is -0.382. The summed E-state index contributed by atoms with van der Waals surface area (Å²) in [5.41, 5.74) is 12.9. The van der Waals surface area contributed by atoms with Gasteiger partial charge >= 0.3 is 0 Å². The Morgan fingerprint density at radius 2 is 1.19 bits per heavy atom. The first-order valence-electron chi connectivity index (χ1n) is 19.4. The standard InChI is InChI=1S/C53H33N3O/c1-31-37-25-23-34(28-44(37)42-26-22-32-12-5-8-17-39(32)49(31)42)35-24-27-47-46(29-35)50-43(20-11-21-48(50)57-47)52-54-51(33-13-3-2-4-14-33)55-53(56-52)45-30-36-15-6-7-16-38(36)40-18-9-10-19-41(40)45/h2-30,53H,1H2,(H,54,55,56). The van der Waals surface area contributed by atoms with Crippen LogP contribution in [-0.2, 0) is 0 Å². The van der Waals surface area contributed by atoms with Gasteiger partial charge in [0.25, 0.3) is 0 Å². The highest BCUT2D eigenvalue weighted by Crippen LogP contribution is 2.48. The highest BCUT2D eigenvalue weighted by Gasteiger charge is 2.27. The van der Waals surface area contributed by atoms with E-state index in [0.29, 0.717) is 5.84 Å². The fraction of sp³-hybridized carbons (Fsp3) is 0.0189. The average molecular weight is 728 g/mol. The molecule has 57 heavy (non-hydrogen) atoms. The zero-order chi connectivity index (χ0) is 37.6. The number of rotatable bonds is 4. The molecule has 0 saturated heterocycles. The lowest BCUT2D eigenvalue weighted by Gasteiger charge is -2.25. The lowest BCUT2D eigenvalue weighted by atomic mass is 9.95. The van der Waals surface area contributed by atoms with Gasteiger partial charge in [-0.3, -0.25) is 0 Å². The lowest BCUT2D eigenvalue weighted by Crippen LogP contribution is -2.33. The van der Waals surface area contributed by atoms with Gasteiger partial charge in [-0.2, -0.15) is 0 Å². The van der Waals surface area contributed by atoms with E-state index in [9.17, 15) is 0 Å². The number of hydrogen-bond donors (Lipinski definition) is 1. The van der Waals surface area contributed by atoms with Gasteiger partial charge in [-0.15, -0.1) is 0 Å². The molecule has 1 atom stereocenters. The van der Waals surface area contributed by atoms with Crippen molar-refractivity contribution in [3.05, 3.63) is 210 Å². The van der Waals surface area contributed by atoms with Crippen molar-refractivity contribution in [1.29, 1.82) is 0 Å². The molecule has 1 N–H and O–H groups in total. The zero-order valence-corrected chi connectivity index (χ0v) is 30.8. The Labute approximate surface area is 328 Å². The summed E-state index contributed by atoms with van der Waals surface area (Å²) in [4.78, 5) is 10.7. The average Bonchev–Trinajstić information content (AvgIpc) is 3.80. The largest absolute Gasteiger partial charge is 0.456 e. The molecule has 4 heteroatoms. The highest BCUT2D eigenvalue weighted by molar-refractivity contribution is 6.22. The topological polar surface area (TPSA) is 49.9 Å². The third kappa shape index (κ3) is 4.87. The number of benzene rings is 9. The maximum absolute atomic E-state index is 6.55. The molecule has 2 aliphatic rings. The van der Waals surface area contributed by atoms with Crippen LogP contribution in [0.4, 0.5) is 0 Å². The van der Waals surface area contributed by atoms with Gasteiger partial charge < -0.3 is 9.73 Å². The van der Waals surface area contributed by atoms with Crippen LogP contribution in [0.15, 0.2) is 197 Å². The Morgan fingerprint density at radius 3 is 2.07 bits per heavy atom. The first-order chi connectivity index (χ1) is 28.2. The fourth-order valence-corrected chi connectivity index (χ4v) is 9.14. The summed E-state index contributed by atoms with van der Waals surface area (Å²) in [7, 11) is 0. The summed E-state index contributed by atoms with van der Waals surface area (Å²) in [6.07, 6.45) is -0.382. The predicted octanol–water partition coefficient (Wildman–Crippen LogP) is 13.2. The smallest absolute Gasteiger partial charge is 0.160 e. The van der Waals surface area contributed by atoms with Crippen molar-refractivity contribution >= 4 is 71.5 Å². The molecule has 0 spiro atoms. The Bertz CT molecular complexity index is 3410. The van der Waals surface area contributed by atoms with E-state index in [1.54, 1.807) is 0 Å². The molecule has 0 fully saturated rings. The first-order valence-corrected chi connectivity index (χ1v) is 19.4. The minimum Gasteiger partial charge on any atom is -0.456 e. The number of fused-ring (bicyclic) bond motifs is 11. The van der Waals surface area contributed by atoms with Crippen LogP contribution < -0.4 is 5.32 Å². The monoisotopic (exact) mass is 727 g/mol. The van der Waals surface area contributed by atoms with Crippen molar-refractivity contribution in [3.8, 4) is 22.3 Å². The molecule has 266 valence electrons. The van der Waals surface area contributed by atoms with E-state index >= 15 is 0 Å². The number of hydrogen-bond acceptors (Lipinski definition) is 4. The van der Waals surface area contributed by atoms with Crippen LogP contribution in [0.25, 0.3) is 82.1 Å². The summed E-state index contributed by atoms with van der Waals surface area (Å²) in [5.74, 6) is 1.44. The molecule has 1 aliphatic carbocycles. The van der Waals surface area contributed by atoms with Crippen LogP contribution in [0.5, 0.6) is 0 Å². The third-order valence-electron chi connectivity index (χ3n) is 11.8. The summed E-state index contributed by atoms with van der Waals surface area (Å²) < 4.78 is 6.55. The van der Waals surface area contributed by atoms with Crippen molar-refractivity contribution < 1.29 is 4.42 Å². The van der Waals surface area contributed by atoms with Gasteiger partial charge in [0, 0.05) is 27.5 Å². The van der Waals surface area contributed by atoms with Crippen LogP contribution in [0.2, 0.25) is 0 Å². The molecule has 0 bridgehead atoms. The Hall–Kier alpha value is -7.56. The summed E-state index contributed by atoms with van der Waals surface area (Å²) >= 11 is 0. The van der Waals surface area contributed by atoms with Gasteiger partial charge in [0.2, 0.25) is 0 Å². The van der Waals surface area contributed by atoms with Crippen molar-refractivity contribution in [2.75, 3.05) is 0 Å². The summed E-state index contributed by atoms with van der Waals surface area (Å²) in [6, 6.07) is 62.3. The Balaban J connectivity index is 1.03. The molecule has 12 rings (SSSR count). The number of furan rings is 1. The summed E-state index contributed by atoms with van der Waals surface area (Å²) in [6.45, 7) is 4.55. The zero-order valence-electron chi connectivity index (χ0n) is 30.8. The van der Waals surface area contributed by atoms with Gasteiger partial charge in [0.1, 0.15) is 23.2 Å². The van der Waals surface area contributed by atoms with E-state index in [-0.39, 0.29) is 6.17 Å². The Kier molecular flexibility index (Phi) is 6.81. The van der Waals surface area contributed by atoms with Crippen molar-refractivity contribution in [2.24, 2.45) is 9.98 Å². The van der Waals surface area contributed by atoms with Crippen molar-refractivity contribution in [2.45, 2.75) is 6.17 Å². The molecule has 9 aromatic carbocycles. The minimum absolute atomic E-state index is 0.382. The molecular weight excluding hydrogens is 695 g/mol. The number of nitrogens with one attached hydrogen (secondary N) is 1. The van der Waals surface area contributed by atoms with Crippen LogP contribution in [0, 0.1) is 0 Å². The molecule has 10 aromatic rings. The van der Waals surface area contributed by atoms with Crippen molar-refractivity contribution in [1.82, 2.24) is 5.32 Å². The normalized spacial score (nSPS) is 14.9. The van der Waals surface area contributed by atoms with E-state index in [0.717, 1.165) is 66.6 Å². The molecule has 1 aromatic heterocycles. The van der Waals surface area contributed by atoms with Crippen LogP contribution in [0.3, 0.4) is 0 Å². The molecule has 1 aliphatic heterocycles. The van der Waals surface area contributed by atoms with Gasteiger partial charge in [0.05, 0.1) is 0 Å². The van der Waals surface area contributed by atoms with E-state index in [1.807, 2.05) is 30.3 Å². The molecule has 4 nitrogen and oxygen atoms in total. The molecule has 1 unspecified atom stereocenters. The lowest BCUT2D eigenvalue weighted by molar-refractivity contribution is 0.668.